The van der Waals surface area contributed by atoms with Crippen molar-refractivity contribution >= 4 is 55.5 Å². The number of carbonyl (C=O) groups is 3. The zero-order valence-corrected chi connectivity index (χ0v) is 38.2. The van der Waals surface area contributed by atoms with E-state index in [1.54, 1.807) is 18.9 Å². The molecule has 4 N–H and O–H groups in total. The molecule has 0 unspecified atom stereocenters. The maximum Gasteiger partial charge on any atom is 0.245 e. The normalized spacial score (nSPS) is 25.3. The van der Waals surface area contributed by atoms with Gasteiger partial charge in [-0.1, -0.05) is 57.0 Å². The van der Waals surface area contributed by atoms with Crippen LogP contribution in [0.1, 0.15) is 102 Å². The highest BCUT2D eigenvalue weighted by molar-refractivity contribution is 7.91. The minimum absolute atomic E-state index is 0.139. The van der Waals surface area contributed by atoms with Crippen molar-refractivity contribution < 1.29 is 32.3 Å². The van der Waals surface area contributed by atoms with E-state index >= 15 is 0 Å². The number of aryl methyl sites for hydroxylation is 1. The lowest BCUT2D eigenvalue weighted by Crippen LogP contribution is -2.49. The van der Waals surface area contributed by atoms with Crippen LogP contribution in [0.15, 0.2) is 66.1 Å². The van der Waals surface area contributed by atoms with Gasteiger partial charge >= 0.3 is 0 Å². The number of aromatic nitrogens is 2. The molecule has 4 aromatic rings. The van der Waals surface area contributed by atoms with Crippen molar-refractivity contribution in [3.8, 4) is 22.2 Å². The van der Waals surface area contributed by atoms with Gasteiger partial charge in [-0.05, 0) is 95.5 Å². The highest BCUT2D eigenvalue weighted by Gasteiger charge is 2.62. The molecule has 62 heavy (non-hydrogen) atoms. The molecule has 2 aliphatic heterocycles. The van der Waals surface area contributed by atoms with Gasteiger partial charge in [0.2, 0.25) is 21.8 Å². The second-order valence-corrected chi connectivity index (χ2v) is 20.7. The number of pyridine rings is 1. The molecule has 2 saturated carbocycles. The predicted molar refractivity (Wildman–Crippen MR) is 244 cm³/mol. The summed E-state index contributed by atoms with van der Waals surface area (Å²) in [4.78, 5) is 55.4. The van der Waals surface area contributed by atoms with Crippen LogP contribution in [-0.2, 0) is 24.4 Å². The Hall–Kier alpha value is -4.86. The first-order chi connectivity index (χ1) is 29.7. The van der Waals surface area contributed by atoms with Crippen LogP contribution in [-0.4, -0.2) is 84.5 Å². The van der Waals surface area contributed by atoms with E-state index in [1.165, 1.54) is 18.4 Å². The number of para-hydroxylation sites is 1. The molecule has 3 fully saturated rings. The van der Waals surface area contributed by atoms with Gasteiger partial charge in [-0.15, -0.1) is 11.3 Å². The van der Waals surface area contributed by atoms with Crippen LogP contribution >= 0.6 is 11.3 Å². The van der Waals surface area contributed by atoms with Gasteiger partial charge < -0.3 is 25.4 Å². The summed E-state index contributed by atoms with van der Waals surface area (Å²) in [6, 6.07) is 13.8. The molecule has 0 radical (unpaired) electrons. The maximum atomic E-state index is 14.9. The number of nitrogens with two attached hydrogens (primary N) is 1. The van der Waals surface area contributed by atoms with E-state index in [-0.39, 0.29) is 42.9 Å². The molecule has 1 saturated heterocycles. The molecule has 0 spiro atoms. The number of carbonyl (C=O) groups excluding carboxylic acids is 3. The second kappa shape index (κ2) is 18.5. The minimum Gasteiger partial charge on any atom is -0.496 e. The zero-order chi connectivity index (χ0) is 44.4. The van der Waals surface area contributed by atoms with Crippen LogP contribution < -0.4 is 25.2 Å². The molecular weight excluding hydrogens is 825 g/mol. The topological polar surface area (TPSA) is 183 Å². The fourth-order valence-electron chi connectivity index (χ4n) is 8.68. The number of ether oxygens (including phenoxy) is 2. The summed E-state index contributed by atoms with van der Waals surface area (Å²) in [6.07, 6.45) is 8.71. The highest BCUT2D eigenvalue weighted by atomic mass is 32.2. The zero-order valence-electron chi connectivity index (χ0n) is 36.6. The molecule has 2 aromatic carbocycles. The molecule has 5 atom stereocenters. The van der Waals surface area contributed by atoms with E-state index in [0.29, 0.717) is 48.4 Å². The van der Waals surface area contributed by atoms with E-state index in [1.807, 2.05) is 66.9 Å². The number of hydrogen-bond donors (Lipinski definition) is 3. The first-order valence-electron chi connectivity index (χ1n) is 21.8. The summed E-state index contributed by atoms with van der Waals surface area (Å²) >= 11 is 1.51. The van der Waals surface area contributed by atoms with Crippen LogP contribution in [0.25, 0.3) is 21.6 Å². The van der Waals surface area contributed by atoms with Crippen LogP contribution in [0.2, 0.25) is 0 Å². The fraction of sp³-hybridized carbons (Fsp3) is 0.511. The molecule has 2 aromatic heterocycles. The van der Waals surface area contributed by atoms with E-state index in [0.717, 1.165) is 53.0 Å². The molecule has 15 heteroatoms. The van der Waals surface area contributed by atoms with Gasteiger partial charge in [0, 0.05) is 40.9 Å². The predicted octanol–water partition coefficient (Wildman–Crippen LogP) is 7.69. The van der Waals surface area contributed by atoms with E-state index in [2.05, 4.69) is 35.7 Å². The first-order valence-corrected chi connectivity index (χ1v) is 24.1. The van der Waals surface area contributed by atoms with Crippen molar-refractivity contribution in [1.82, 2.24) is 19.6 Å². The number of methoxy groups -OCH3 is 1. The number of amides is 2. The number of fused-ring (bicyclic) bond motifs is 3. The van der Waals surface area contributed by atoms with Gasteiger partial charge in [-0.25, -0.2) is 18.4 Å². The molecule has 2 amide bonds. The smallest absolute Gasteiger partial charge is 0.245 e. The number of benzene rings is 2. The molecular formula is C47H60N6O7S2. The Balaban J connectivity index is 0.00000285. The molecule has 13 nitrogen and oxygen atoms in total. The minimum atomic E-state index is -3.93. The van der Waals surface area contributed by atoms with Crippen LogP contribution in [0, 0.1) is 18.3 Å². The molecule has 2 aliphatic carbocycles. The lowest BCUT2D eigenvalue weighted by molar-refractivity contribution is -0.139. The van der Waals surface area contributed by atoms with E-state index < -0.39 is 44.3 Å². The van der Waals surface area contributed by atoms with Crippen LogP contribution in [0.3, 0.4) is 0 Å². The van der Waals surface area contributed by atoms with Crippen LogP contribution in [0.4, 0.5) is 5.69 Å². The van der Waals surface area contributed by atoms with Crippen molar-refractivity contribution in [2.45, 2.75) is 121 Å². The quantitative estimate of drug-likeness (QED) is 0.133. The summed E-state index contributed by atoms with van der Waals surface area (Å²) in [5, 5.41) is 7.02. The number of nitrogens with zero attached hydrogens (tertiary/aromatic N) is 3. The number of rotatable bonds is 10. The Morgan fingerprint density at radius 1 is 1.03 bits per heavy atom. The Kier molecular flexibility index (Phi) is 13.5. The number of thiazole rings is 1. The molecule has 4 aliphatic rings. The molecule has 8 rings (SSSR count). The Morgan fingerprint density at radius 3 is 2.48 bits per heavy atom. The maximum absolute atomic E-state index is 14.9. The largest absolute Gasteiger partial charge is 0.496 e. The van der Waals surface area contributed by atoms with Gasteiger partial charge in [0.1, 0.15) is 34.3 Å². The Bertz CT molecular complexity index is 2430. The van der Waals surface area contributed by atoms with Gasteiger partial charge in [0.15, 0.2) is 5.78 Å². The first kappa shape index (κ1) is 45.2. The molecule has 332 valence electrons. The number of Topliss-reactive ketones (excluding diaryl/α,β-unsaturated/α-hetero) is 1. The van der Waals surface area contributed by atoms with Crippen molar-refractivity contribution in [3.63, 3.8) is 0 Å². The third kappa shape index (κ3) is 9.26. The van der Waals surface area contributed by atoms with Gasteiger partial charge in [-0.3, -0.25) is 19.1 Å². The number of hydrogen-bond acceptors (Lipinski definition) is 12. The summed E-state index contributed by atoms with van der Waals surface area (Å²) in [6.45, 7) is 7.93. The number of anilines is 1. The second-order valence-electron chi connectivity index (χ2n) is 17.6. The lowest BCUT2D eigenvalue weighted by atomic mass is 9.91. The van der Waals surface area contributed by atoms with Crippen molar-refractivity contribution in [3.05, 3.63) is 77.3 Å². The van der Waals surface area contributed by atoms with E-state index in [9.17, 15) is 22.8 Å². The SMILES string of the molecule is CN.COc1ccc2c(O[C@@H]3C[C@H]4C(=O)C[C@]5(C(=O)NS(=O)(=O)C6(C)CC6)C[C@H]5/C=C\CCCCC[C@H](Nc5ccccc5)C(=O)N4C3)cc(-c3nc(C(C)C)cs3)nc2c1C. The molecule has 4 heterocycles. The summed E-state index contributed by atoms with van der Waals surface area (Å²) < 4.78 is 40.6. The fourth-order valence-corrected chi connectivity index (χ4v) is 11.0. The van der Waals surface area contributed by atoms with Crippen molar-refractivity contribution in [1.29, 1.82) is 0 Å². The average molecular weight is 885 g/mol. The van der Waals surface area contributed by atoms with Crippen molar-refractivity contribution in [2.24, 2.45) is 17.1 Å². The monoisotopic (exact) mass is 884 g/mol. The lowest BCUT2D eigenvalue weighted by Gasteiger charge is -2.30. The number of allylic oxidation sites excluding steroid dienone is 2. The molecule has 0 bridgehead atoms. The third-order valence-electron chi connectivity index (χ3n) is 13.0. The number of nitrogens with one attached hydrogen (secondary N) is 2. The summed E-state index contributed by atoms with van der Waals surface area (Å²) in [7, 11) is -0.810. The van der Waals surface area contributed by atoms with Gasteiger partial charge in [0.25, 0.3) is 0 Å². The third-order valence-corrected chi connectivity index (χ3v) is 16.0. The Labute approximate surface area is 369 Å². The summed E-state index contributed by atoms with van der Waals surface area (Å²) in [5.74, 6) is 0.0545. The Morgan fingerprint density at radius 2 is 1.79 bits per heavy atom. The average Bonchev–Trinajstić information content (AvgIpc) is 4.03. The number of ketones is 1. The van der Waals surface area contributed by atoms with Gasteiger partial charge in [0.05, 0.1) is 41.1 Å². The van der Waals surface area contributed by atoms with E-state index in [4.69, 9.17) is 19.4 Å². The van der Waals surface area contributed by atoms with Crippen molar-refractivity contribution in [2.75, 3.05) is 26.0 Å². The number of sulfonamides is 1. The summed E-state index contributed by atoms with van der Waals surface area (Å²) in [5.41, 5.74) is 7.24. The standard InChI is InChI=1S/C46H55N5O7S2.CH5N/c1-28(2)36-27-59-42(49-36)35-23-40(33-18-19-39(57-5)29(3)41(33)48-35)58-32-22-37-38(52)25-46(44(54)50-60(55,56)45(4)20-21-45)24-30(46)14-10-7-6-8-13-17-34(43(53)51(37)26-32)47-31-15-11-9-12-16-31;1-2/h9-12,14-16,18-19,23,27-28,30,32,34,37,47H,6-8,13,17,20-22,24-26H2,1-5H3,(H,50,54);2H2,1H3/b14-10-;/t30-,32-,34+,37+,46-;/m1./s1. The van der Waals surface area contributed by atoms with Crippen LogP contribution in [0.5, 0.6) is 11.5 Å². The van der Waals surface area contributed by atoms with Gasteiger partial charge in [-0.2, -0.15) is 0 Å². The highest BCUT2D eigenvalue weighted by Crippen LogP contribution is 2.57.